The molecular formula is C17H13NO4. The SMILES string of the molecule is C#Cc1cc(C#C)cc(CCC(=O)ON2C(=O)CCC2=O)c1. The molecular weight excluding hydrogens is 282 g/mol. The third-order valence-electron chi connectivity index (χ3n) is 3.14. The fourth-order valence-corrected chi connectivity index (χ4v) is 2.05. The summed E-state index contributed by atoms with van der Waals surface area (Å²) in [6.07, 6.45) is 11.2. The first-order chi connectivity index (χ1) is 10.5. The molecule has 0 unspecified atom stereocenters. The van der Waals surface area contributed by atoms with E-state index in [-0.39, 0.29) is 19.3 Å². The van der Waals surface area contributed by atoms with Crippen LogP contribution in [0.4, 0.5) is 0 Å². The van der Waals surface area contributed by atoms with Crippen molar-refractivity contribution in [2.24, 2.45) is 0 Å². The first-order valence-electron chi connectivity index (χ1n) is 6.67. The summed E-state index contributed by atoms with van der Waals surface area (Å²) in [5.74, 6) is 3.33. The van der Waals surface area contributed by atoms with E-state index in [0.29, 0.717) is 22.6 Å². The van der Waals surface area contributed by atoms with Crippen molar-refractivity contribution in [1.82, 2.24) is 5.06 Å². The number of amides is 2. The minimum atomic E-state index is -0.656. The summed E-state index contributed by atoms with van der Waals surface area (Å²) in [5, 5.41) is 0.535. The Morgan fingerprint density at radius 3 is 2.14 bits per heavy atom. The maximum atomic E-state index is 11.7. The van der Waals surface area contributed by atoms with E-state index in [2.05, 4.69) is 11.8 Å². The van der Waals surface area contributed by atoms with Crippen LogP contribution in [-0.2, 0) is 25.6 Å². The lowest BCUT2D eigenvalue weighted by atomic mass is 10.0. The van der Waals surface area contributed by atoms with E-state index < -0.39 is 17.8 Å². The van der Waals surface area contributed by atoms with Crippen molar-refractivity contribution in [2.45, 2.75) is 25.7 Å². The van der Waals surface area contributed by atoms with Crippen LogP contribution in [0.2, 0.25) is 0 Å². The van der Waals surface area contributed by atoms with Gasteiger partial charge in [0, 0.05) is 24.0 Å². The van der Waals surface area contributed by atoms with Gasteiger partial charge < -0.3 is 4.84 Å². The molecule has 110 valence electrons. The molecule has 1 aromatic rings. The number of rotatable bonds is 4. The van der Waals surface area contributed by atoms with Crippen molar-refractivity contribution in [1.29, 1.82) is 0 Å². The molecule has 0 aliphatic carbocycles. The largest absolute Gasteiger partial charge is 0.333 e. The molecule has 0 spiro atoms. The maximum Gasteiger partial charge on any atom is 0.333 e. The van der Waals surface area contributed by atoms with Crippen LogP contribution in [0, 0.1) is 24.7 Å². The van der Waals surface area contributed by atoms with Crippen molar-refractivity contribution in [3.05, 3.63) is 34.9 Å². The molecule has 0 bridgehead atoms. The molecule has 1 heterocycles. The Labute approximate surface area is 128 Å². The standard InChI is InChI=1S/C17H13NO4/c1-3-12-9-13(4-2)11-14(10-12)5-8-17(21)22-18-15(19)6-7-16(18)20/h1-2,9-11H,5-8H2. The van der Waals surface area contributed by atoms with Crippen LogP contribution in [0.1, 0.15) is 36.0 Å². The first kappa shape index (κ1) is 15.3. The van der Waals surface area contributed by atoms with E-state index >= 15 is 0 Å². The lowest BCUT2D eigenvalue weighted by Gasteiger charge is -2.12. The number of hydroxylamine groups is 2. The van der Waals surface area contributed by atoms with Crippen LogP contribution < -0.4 is 0 Å². The zero-order chi connectivity index (χ0) is 16.1. The summed E-state index contributed by atoms with van der Waals surface area (Å²) in [5.41, 5.74) is 2.05. The van der Waals surface area contributed by atoms with E-state index in [1.807, 2.05) is 0 Å². The summed E-state index contributed by atoms with van der Waals surface area (Å²) in [4.78, 5) is 39.2. The van der Waals surface area contributed by atoms with Gasteiger partial charge in [0.2, 0.25) is 0 Å². The van der Waals surface area contributed by atoms with Gasteiger partial charge in [-0.15, -0.1) is 17.9 Å². The third kappa shape index (κ3) is 3.53. The van der Waals surface area contributed by atoms with Crippen molar-refractivity contribution in [2.75, 3.05) is 0 Å². The van der Waals surface area contributed by atoms with Crippen LogP contribution >= 0.6 is 0 Å². The Balaban J connectivity index is 1.97. The number of terminal acetylenes is 2. The van der Waals surface area contributed by atoms with Crippen LogP contribution in [0.15, 0.2) is 18.2 Å². The number of imide groups is 1. The lowest BCUT2D eigenvalue weighted by molar-refractivity contribution is -0.197. The summed E-state index contributed by atoms with van der Waals surface area (Å²) in [6.45, 7) is 0. The summed E-state index contributed by atoms with van der Waals surface area (Å²) in [7, 11) is 0. The minimum Gasteiger partial charge on any atom is -0.330 e. The molecule has 0 aromatic heterocycles. The summed E-state index contributed by atoms with van der Waals surface area (Å²) >= 11 is 0. The molecule has 1 aliphatic rings. The van der Waals surface area contributed by atoms with Gasteiger partial charge in [0.1, 0.15) is 0 Å². The van der Waals surface area contributed by atoms with E-state index in [1.165, 1.54) is 0 Å². The normalized spacial score (nSPS) is 13.6. The highest BCUT2D eigenvalue weighted by molar-refractivity contribution is 6.01. The molecule has 1 fully saturated rings. The minimum absolute atomic E-state index is 0.00902. The van der Waals surface area contributed by atoms with E-state index in [4.69, 9.17) is 17.7 Å². The highest BCUT2D eigenvalue weighted by Crippen LogP contribution is 2.15. The van der Waals surface area contributed by atoms with Crippen LogP contribution in [0.25, 0.3) is 0 Å². The smallest absolute Gasteiger partial charge is 0.330 e. The van der Waals surface area contributed by atoms with Gasteiger partial charge in [-0.2, -0.15) is 0 Å². The zero-order valence-corrected chi connectivity index (χ0v) is 11.8. The number of benzene rings is 1. The van der Waals surface area contributed by atoms with Gasteiger partial charge in [0.25, 0.3) is 11.8 Å². The molecule has 0 radical (unpaired) electrons. The summed E-state index contributed by atoms with van der Waals surface area (Å²) < 4.78 is 0. The van der Waals surface area contributed by atoms with Crippen LogP contribution in [0.5, 0.6) is 0 Å². The Bertz CT molecular complexity index is 673. The average molecular weight is 295 g/mol. The number of carbonyl (C=O) groups is 3. The van der Waals surface area contributed by atoms with Gasteiger partial charge in [-0.1, -0.05) is 11.8 Å². The number of hydrogen-bond acceptors (Lipinski definition) is 4. The second-order valence-corrected chi connectivity index (χ2v) is 4.75. The Kier molecular flexibility index (Phi) is 4.60. The molecule has 1 aliphatic heterocycles. The molecule has 5 nitrogen and oxygen atoms in total. The average Bonchev–Trinajstić information content (AvgIpc) is 2.84. The number of aryl methyl sites for hydroxylation is 1. The Hall–Kier alpha value is -3.05. The second-order valence-electron chi connectivity index (χ2n) is 4.75. The molecule has 2 rings (SSSR count). The molecule has 1 saturated heterocycles. The van der Waals surface area contributed by atoms with E-state index in [9.17, 15) is 14.4 Å². The molecule has 5 heteroatoms. The molecule has 0 atom stereocenters. The molecule has 22 heavy (non-hydrogen) atoms. The van der Waals surface area contributed by atoms with Gasteiger partial charge in [-0.3, -0.25) is 9.59 Å². The van der Waals surface area contributed by atoms with Crippen LogP contribution in [0.3, 0.4) is 0 Å². The monoisotopic (exact) mass is 295 g/mol. The van der Waals surface area contributed by atoms with Crippen molar-refractivity contribution >= 4 is 17.8 Å². The lowest BCUT2D eigenvalue weighted by Crippen LogP contribution is -2.32. The molecule has 0 N–H and O–H groups in total. The fraction of sp³-hybridized carbons (Fsp3) is 0.235. The van der Waals surface area contributed by atoms with Gasteiger partial charge in [0.05, 0.1) is 6.42 Å². The zero-order valence-electron chi connectivity index (χ0n) is 11.8. The van der Waals surface area contributed by atoms with E-state index in [0.717, 1.165) is 5.56 Å². The van der Waals surface area contributed by atoms with Gasteiger partial charge in [-0.05, 0) is 30.2 Å². The number of carbonyl (C=O) groups excluding carboxylic acids is 3. The molecule has 0 saturated carbocycles. The number of hydrogen-bond donors (Lipinski definition) is 0. The quantitative estimate of drug-likeness (QED) is 0.618. The third-order valence-corrected chi connectivity index (χ3v) is 3.14. The second kappa shape index (κ2) is 6.60. The van der Waals surface area contributed by atoms with Crippen LogP contribution in [-0.4, -0.2) is 22.8 Å². The topological polar surface area (TPSA) is 63.7 Å². The predicted molar refractivity (Wildman–Crippen MR) is 77.8 cm³/mol. The van der Waals surface area contributed by atoms with Gasteiger partial charge in [0.15, 0.2) is 0 Å². The maximum absolute atomic E-state index is 11.7. The highest BCUT2D eigenvalue weighted by atomic mass is 16.7. The predicted octanol–water partition coefficient (Wildman–Crippen LogP) is 1.19. The Morgan fingerprint density at radius 1 is 1.09 bits per heavy atom. The Morgan fingerprint density at radius 2 is 1.64 bits per heavy atom. The van der Waals surface area contributed by atoms with Crippen molar-refractivity contribution in [3.63, 3.8) is 0 Å². The number of nitrogens with zero attached hydrogens (tertiary/aromatic N) is 1. The van der Waals surface area contributed by atoms with Gasteiger partial charge in [-0.25, -0.2) is 4.79 Å². The van der Waals surface area contributed by atoms with Crippen molar-refractivity contribution < 1.29 is 19.2 Å². The fourth-order valence-electron chi connectivity index (χ4n) is 2.05. The van der Waals surface area contributed by atoms with Crippen molar-refractivity contribution in [3.8, 4) is 24.7 Å². The summed E-state index contributed by atoms with van der Waals surface area (Å²) in [6, 6.07) is 5.20. The highest BCUT2D eigenvalue weighted by Gasteiger charge is 2.32. The molecule has 1 aromatic carbocycles. The van der Waals surface area contributed by atoms with E-state index in [1.54, 1.807) is 18.2 Å². The van der Waals surface area contributed by atoms with Gasteiger partial charge >= 0.3 is 5.97 Å². The molecule has 2 amide bonds. The first-order valence-corrected chi connectivity index (χ1v) is 6.67.